The Kier molecular flexibility index (Phi) is 3.93. The zero-order valence-corrected chi connectivity index (χ0v) is 14.9. The maximum Gasteiger partial charge on any atom is 0.230 e. The van der Waals surface area contributed by atoms with Gasteiger partial charge in [-0.3, -0.25) is 4.79 Å². The molecule has 1 aromatic heterocycles. The molecule has 4 rings (SSSR count). The zero-order valence-electron chi connectivity index (χ0n) is 14.9. The van der Waals surface area contributed by atoms with Gasteiger partial charge >= 0.3 is 0 Å². The number of carbonyl (C=O) groups excluding carboxylic acids is 1. The molecule has 0 bridgehead atoms. The number of allylic oxidation sites excluding steroid dienone is 3. The van der Waals surface area contributed by atoms with Gasteiger partial charge in [0.15, 0.2) is 0 Å². The summed E-state index contributed by atoms with van der Waals surface area (Å²) in [7, 11) is 1.97. The summed E-state index contributed by atoms with van der Waals surface area (Å²) in [5.74, 6) is -0.109. The molecular weight excluding hydrogens is 338 g/mol. The summed E-state index contributed by atoms with van der Waals surface area (Å²) in [6.45, 7) is 3.99. The number of aromatic nitrogens is 1. The number of pyridine rings is 1. The van der Waals surface area contributed by atoms with E-state index in [2.05, 4.69) is 22.9 Å². The van der Waals surface area contributed by atoms with E-state index in [0.29, 0.717) is 17.9 Å². The summed E-state index contributed by atoms with van der Waals surface area (Å²) in [6.07, 6.45) is 8.18. The van der Waals surface area contributed by atoms with E-state index < -0.39 is 0 Å². The van der Waals surface area contributed by atoms with E-state index >= 15 is 0 Å². The van der Waals surface area contributed by atoms with Crippen LogP contribution in [0.25, 0.3) is 16.5 Å². The number of carbonyl (C=O) groups is 1. The molecule has 1 fully saturated rings. The first-order valence-electron chi connectivity index (χ1n) is 8.68. The standard InChI is InChI=1S/C21H19N5O/c1-12-3-4-26(2)19(5-12)14-6-13-9-20(24-11-17(13)18(23)8-14)25-21(27)16-7-15(16)10-22/h3-6,8-9,11,15-16H,1,7,23H2,2H3,(H,24,25,27). The summed E-state index contributed by atoms with van der Waals surface area (Å²) in [6, 6.07) is 7.87. The molecule has 1 saturated carbocycles. The molecule has 1 aliphatic carbocycles. The van der Waals surface area contributed by atoms with Crippen molar-refractivity contribution in [2.75, 3.05) is 18.1 Å². The van der Waals surface area contributed by atoms with Gasteiger partial charge in [-0.1, -0.05) is 6.58 Å². The monoisotopic (exact) mass is 357 g/mol. The normalized spacial score (nSPS) is 21.0. The lowest BCUT2D eigenvalue weighted by Crippen LogP contribution is -2.15. The van der Waals surface area contributed by atoms with Crippen LogP contribution in [0.2, 0.25) is 0 Å². The number of nitrogen functional groups attached to an aromatic ring is 1. The highest BCUT2D eigenvalue weighted by Gasteiger charge is 2.43. The van der Waals surface area contributed by atoms with Gasteiger partial charge in [0.1, 0.15) is 5.82 Å². The molecule has 2 aliphatic rings. The molecule has 1 aliphatic heterocycles. The third kappa shape index (κ3) is 3.15. The van der Waals surface area contributed by atoms with Crippen molar-refractivity contribution < 1.29 is 4.79 Å². The van der Waals surface area contributed by atoms with Gasteiger partial charge in [0.05, 0.1) is 17.9 Å². The van der Waals surface area contributed by atoms with Crippen molar-refractivity contribution >= 4 is 33.9 Å². The number of hydrogen-bond acceptors (Lipinski definition) is 5. The summed E-state index contributed by atoms with van der Waals surface area (Å²) < 4.78 is 0. The van der Waals surface area contributed by atoms with E-state index in [9.17, 15) is 4.79 Å². The van der Waals surface area contributed by atoms with Gasteiger partial charge in [-0.05, 0) is 47.7 Å². The highest BCUT2D eigenvalue weighted by Crippen LogP contribution is 2.38. The molecule has 27 heavy (non-hydrogen) atoms. The Labute approximate surface area is 157 Å². The highest BCUT2D eigenvalue weighted by molar-refractivity contribution is 5.99. The maximum absolute atomic E-state index is 12.2. The Morgan fingerprint density at radius 1 is 1.44 bits per heavy atom. The van der Waals surface area contributed by atoms with Gasteiger partial charge < -0.3 is 16.0 Å². The summed E-state index contributed by atoms with van der Waals surface area (Å²) >= 11 is 0. The second kappa shape index (κ2) is 6.29. The van der Waals surface area contributed by atoms with Gasteiger partial charge in [0.25, 0.3) is 0 Å². The fourth-order valence-electron chi connectivity index (χ4n) is 3.25. The molecule has 6 heteroatoms. The topological polar surface area (TPSA) is 95.0 Å². The third-order valence-corrected chi connectivity index (χ3v) is 4.92. The van der Waals surface area contributed by atoms with E-state index in [1.54, 1.807) is 6.20 Å². The molecule has 2 aromatic rings. The lowest BCUT2D eigenvalue weighted by Gasteiger charge is -2.23. The first kappa shape index (κ1) is 16.9. The van der Waals surface area contributed by atoms with Gasteiger partial charge in [0, 0.05) is 41.8 Å². The van der Waals surface area contributed by atoms with Crippen molar-refractivity contribution in [3.05, 3.63) is 60.5 Å². The Hall–Kier alpha value is -3.59. The van der Waals surface area contributed by atoms with Crippen LogP contribution in [0.5, 0.6) is 0 Å². The smallest absolute Gasteiger partial charge is 0.230 e. The van der Waals surface area contributed by atoms with Crippen LogP contribution < -0.4 is 11.1 Å². The quantitative estimate of drug-likeness (QED) is 0.822. The SMILES string of the molecule is C=C1C=CN(C)C(c2cc(N)c3cnc(NC(=O)C4CC4C#N)cc3c2)=C1. The van der Waals surface area contributed by atoms with Crippen LogP contribution in [0, 0.1) is 23.2 Å². The van der Waals surface area contributed by atoms with Crippen LogP contribution in [-0.2, 0) is 4.79 Å². The zero-order chi connectivity index (χ0) is 19.1. The summed E-state index contributed by atoms with van der Waals surface area (Å²) in [5, 5.41) is 13.4. The molecule has 0 spiro atoms. The minimum Gasteiger partial charge on any atom is -0.398 e. The number of rotatable bonds is 3. The van der Waals surface area contributed by atoms with E-state index in [-0.39, 0.29) is 17.7 Å². The molecule has 2 unspecified atom stereocenters. The predicted octanol–water partition coefficient (Wildman–Crippen LogP) is 3.27. The lowest BCUT2D eigenvalue weighted by molar-refractivity contribution is -0.117. The van der Waals surface area contributed by atoms with Crippen LogP contribution in [0.4, 0.5) is 11.5 Å². The van der Waals surface area contributed by atoms with Crippen LogP contribution in [0.1, 0.15) is 12.0 Å². The number of fused-ring (bicyclic) bond motifs is 1. The van der Waals surface area contributed by atoms with Crippen molar-refractivity contribution in [2.24, 2.45) is 11.8 Å². The van der Waals surface area contributed by atoms with Crippen molar-refractivity contribution in [2.45, 2.75) is 6.42 Å². The van der Waals surface area contributed by atoms with Crippen molar-refractivity contribution in [1.29, 1.82) is 5.26 Å². The van der Waals surface area contributed by atoms with E-state index in [0.717, 1.165) is 27.6 Å². The second-order valence-corrected chi connectivity index (χ2v) is 6.95. The first-order chi connectivity index (χ1) is 13.0. The Bertz CT molecular complexity index is 1080. The Balaban J connectivity index is 1.67. The van der Waals surface area contributed by atoms with Gasteiger partial charge in [-0.2, -0.15) is 5.26 Å². The van der Waals surface area contributed by atoms with Gasteiger partial charge in [-0.25, -0.2) is 4.98 Å². The number of nitrogens with two attached hydrogens (primary N) is 1. The van der Waals surface area contributed by atoms with Crippen LogP contribution in [-0.4, -0.2) is 22.8 Å². The number of nitrogens with zero attached hydrogens (tertiary/aromatic N) is 3. The fourth-order valence-corrected chi connectivity index (χ4v) is 3.25. The molecular formula is C21H19N5O. The molecule has 2 heterocycles. The van der Waals surface area contributed by atoms with Crippen molar-refractivity contribution in [3.8, 4) is 6.07 Å². The van der Waals surface area contributed by atoms with Gasteiger partial charge in [0.2, 0.25) is 5.91 Å². The fraction of sp³-hybridized carbons (Fsp3) is 0.190. The molecule has 2 atom stereocenters. The van der Waals surface area contributed by atoms with E-state index in [1.807, 2.05) is 48.5 Å². The largest absolute Gasteiger partial charge is 0.398 e. The molecule has 1 amide bonds. The number of nitriles is 1. The molecule has 0 radical (unpaired) electrons. The number of anilines is 2. The number of benzene rings is 1. The predicted molar refractivity (Wildman–Crippen MR) is 106 cm³/mol. The highest BCUT2D eigenvalue weighted by atomic mass is 16.2. The van der Waals surface area contributed by atoms with E-state index in [1.165, 1.54) is 0 Å². The molecule has 0 saturated heterocycles. The minimum absolute atomic E-state index is 0.159. The van der Waals surface area contributed by atoms with Crippen molar-refractivity contribution in [3.63, 3.8) is 0 Å². The molecule has 1 aromatic carbocycles. The Morgan fingerprint density at radius 2 is 2.26 bits per heavy atom. The summed E-state index contributed by atoms with van der Waals surface area (Å²) in [4.78, 5) is 18.5. The van der Waals surface area contributed by atoms with Crippen LogP contribution >= 0.6 is 0 Å². The number of nitrogens with one attached hydrogen (secondary N) is 1. The second-order valence-electron chi connectivity index (χ2n) is 6.95. The average molecular weight is 357 g/mol. The van der Waals surface area contributed by atoms with Crippen molar-refractivity contribution in [1.82, 2.24) is 9.88 Å². The number of amides is 1. The minimum atomic E-state index is -0.234. The molecule has 6 nitrogen and oxygen atoms in total. The third-order valence-electron chi connectivity index (χ3n) is 4.92. The summed E-state index contributed by atoms with van der Waals surface area (Å²) in [5.41, 5.74) is 9.73. The maximum atomic E-state index is 12.2. The number of hydrogen-bond donors (Lipinski definition) is 2. The first-order valence-corrected chi connectivity index (χ1v) is 8.68. The molecule has 134 valence electrons. The van der Waals surface area contributed by atoms with Gasteiger partial charge in [-0.15, -0.1) is 0 Å². The van der Waals surface area contributed by atoms with E-state index in [4.69, 9.17) is 11.0 Å². The Morgan fingerprint density at radius 3 is 3.00 bits per heavy atom. The molecule has 3 N–H and O–H groups in total. The van der Waals surface area contributed by atoms with Crippen LogP contribution in [0.15, 0.2) is 54.9 Å². The van der Waals surface area contributed by atoms with Crippen LogP contribution in [0.3, 0.4) is 0 Å². The lowest BCUT2D eigenvalue weighted by atomic mass is 10.0. The average Bonchev–Trinajstić information content (AvgIpc) is 3.43.